The molecule has 1 unspecified atom stereocenters. The minimum atomic E-state index is -4.44. The van der Waals surface area contributed by atoms with Crippen LogP contribution in [0.2, 0.25) is 0 Å². The average Bonchev–Trinajstić information content (AvgIpc) is 2.82. The summed E-state index contributed by atoms with van der Waals surface area (Å²) in [6.45, 7) is 4.15. The van der Waals surface area contributed by atoms with Gasteiger partial charge in [-0.25, -0.2) is 0 Å². The summed E-state index contributed by atoms with van der Waals surface area (Å²) in [5.74, 6) is 0.727. The number of halogens is 3. The second-order valence-corrected chi connectivity index (χ2v) is 6.00. The molecule has 2 N–H and O–H groups in total. The molecule has 1 aliphatic rings. The Morgan fingerprint density at radius 1 is 1.33 bits per heavy atom. The zero-order valence-electron chi connectivity index (χ0n) is 11.5. The van der Waals surface area contributed by atoms with E-state index in [4.69, 9.17) is 10.3 Å². The highest BCUT2D eigenvalue weighted by Gasteiger charge is 2.49. The Bertz CT molecular complexity index is 691. The van der Waals surface area contributed by atoms with Gasteiger partial charge in [-0.15, -0.1) is 0 Å². The Balaban J connectivity index is 1.97. The number of hydrogen-bond acceptors (Lipinski definition) is 4. The number of nitrogens with two attached hydrogens (primary N) is 1. The van der Waals surface area contributed by atoms with E-state index in [-0.39, 0.29) is 28.5 Å². The summed E-state index contributed by atoms with van der Waals surface area (Å²) >= 11 is 0. The number of hydrogen-bond donors (Lipinski definition) is 1. The Kier molecular flexibility index (Phi) is 2.80. The van der Waals surface area contributed by atoms with E-state index < -0.39 is 11.7 Å². The lowest BCUT2D eigenvalue weighted by molar-refractivity contribution is -0.137. The van der Waals surface area contributed by atoms with Crippen molar-refractivity contribution in [2.24, 2.45) is 5.41 Å². The molecular weight excluding hydrogens is 283 g/mol. The summed E-state index contributed by atoms with van der Waals surface area (Å²) in [5.41, 5.74) is 5.33. The van der Waals surface area contributed by atoms with Crippen LogP contribution in [-0.4, -0.2) is 10.1 Å². The molecule has 1 heterocycles. The van der Waals surface area contributed by atoms with Gasteiger partial charge in [0.2, 0.25) is 0 Å². The first kappa shape index (κ1) is 13.9. The summed E-state index contributed by atoms with van der Waals surface area (Å²) in [7, 11) is 0. The van der Waals surface area contributed by atoms with Crippen molar-refractivity contribution in [2.45, 2.75) is 32.4 Å². The molecule has 0 spiro atoms. The summed E-state index contributed by atoms with van der Waals surface area (Å²) in [6, 6.07) is 3.06. The summed E-state index contributed by atoms with van der Waals surface area (Å²) in [6.07, 6.45) is -3.51. The summed E-state index contributed by atoms with van der Waals surface area (Å²) in [4.78, 5) is 4.20. The smallest absolute Gasteiger partial charge is 0.398 e. The van der Waals surface area contributed by atoms with Crippen LogP contribution in [0.4, 0.5) is 18.9 Å². The molecule has 1 saturated carbocycles. The Hall–Kier alpha value is -2.05. The van der Waals surface area contributed by atoms with Crippen LogP contribution in [0.5, 0.6) is 0 Å². The van der Waals surface area contributed by atoms with Gasteiger partial charge < -0.3 is 10.3 Å². The van der Waals surface area contributed by atoms with Gasteiger partial charge in [0.15, 0.2) is 5.82 Å². The van der Waals surface area contributed by atoms with Crippen LogP contribution >= 0.6 is 0 Å². The molecule has 3 rings (SSSR count). The molecule has 0 bridgehead atoms. The van der Waals surface area contributed by atoms with Crippen molar-refractivity contribution in [1.29, 1.82) is 0 Å². The van der Waals surface area contributed by atoms with E-state index in [0.717, 1.165) is 18.6 Å². The van der Waals surface area contributed by atoms with E-state index in [1.165, 1.54) is 6.07 Å². The second-order valence-electron chi connectivity index (χ2n) is 6.00. The minimum Gasteiger partial charge on any atom is -0.398 e. The quantitative estimate of drug-likeness (QED) is 0.855. The van der Waals surface area contributed by atoms with Crippen LogP contribution in [-0.2, 0) is 6.18 Å². The van der Waals surface area contributed by atoms with Crippen molar-refractivity contribution in [1.82, 2.24) is 10.1 Å². The van der Waals surface area contributed by atoms with Gasteiger partial charge in [-0.1, -0.05) is 19.0 Å². The predicted octanol–water partition coefficient (Wildman–Crippen LogP) is 3.85. The predicted molar refractivity (Wildman–Crippen MR) is 70.3 cm³/mol. The molecule has 2 aromatic rings. The monoisotopic (exact) mass is 297 g/mol. The molecule has 1 fully saturated rings. The van der Waals surface area contributed by atoms with Gasteiger partial charge in [-0.2, -0.15) is 18.2 Å². The van der Waals surface area contributed by atoms with Crippen molar-refractivity contribution >= 4 is 5.69 Å². The molecule has 112 valence electrons. The highest BCUT2D eigenvalue weighted by molar-refractivity contribution is 5.71. The number of nitrogen functional groups attached to an aromatic ring is 1. The van der Waals surface area contributed by atoms with Crippen molar-refractivity contribution in [2.75, 3.05) is 5.73 Å². The highest BCUT2D eigenvalue weighted by Crippen LogP contribution is 2.57. The maximum Gasteiger partial charge on any atom is 0.416 e. The van der Waals surface area contributed by atoms with Crippen LogP contribution in [0.15, 0.2) is 22.7 Å². The van der Waals surface area contributed by atoms with E-state index in [2.05, 4.69) is 24.0 Å². The van der Waals surface area contributed by atoms with Crippen LogP contribution in [0.1, 0.15) is 37.6 Å². The van der Waals surface area contributed by atoms with Gasteiger partial charge in [0.1, 0.15) is 0 Å². The third-order valence-corrected chi connectivity index (χ3v) is 3.88. The van der Waals surface area contributed by atoms with E-state index in [1.54, 1.807) is 0 Å². The first-order chi connectivity index (χ1) is 9.68. The molecule has 1 aromatic heterocycles. The molecule has 1 atom stereocenters. The third-order valence-electron chi connectivity index (χ3n) is 3.88. The van der Waals surface area contributed by atoms with Crippen molar-refractivity contribution < 1.29 is 17.7 Å². The van der Waals surface area contributed by atoms with Crippen molar-refractivity contribution in [3.8, 4) is 11.5 Å². The number of benzene rings is 1. The fraction of sp³-hybridized carbons (Fsp3) is 0.429. The lowest BCUT2D eigenvalue weighted by Crippen LogP contribution is -2.05. The van der Waals surface area contributed by atoms with Crippen LogP contribution < -0.4 is 5.73 Å². The van der Waals surface area contributed by atoms with E-state index in [0.29, 0.717) is 5.82 Å². The first-order valence-electron chi connectivity index (χ1n) is 6.49. The van der Waals surface area contributed by atoms with Gasteiger partial charge in [-0.3, -0.25) is 0 Å². The van der Waals surface area contributed by atoms with E-state index in [9.17, 15) is 13.2 Å². The average molecular weight is 297 g/mol. The Labute approximate surface area is 119 Å². The Morgan fingerprint density at radius 3 is 2.57 bits per heavy atom. The van der Waals surface area contributed by atoms with Gasteiger partial charge in [-0.05, 0) is 30.0 Å². The molecule has 0 aliphatic heterocycles. The highest BCUT2D eigenvalue weighted by atomic mass is 19.4. The molecular formula is C14H14F3N3O. The molecule has 1 aliphatic carbocycles. The standard InChI is InChI=1S/C14H14F3N3O/c1-13(2)6-9(13)11-19-12(21-20-11)8-5-7(14(15,16)17)3-4-10(8)18/h3-5,9H,6,18H2,1-2H3. The fourth-order valence-corrected chi connectivity index (χ4v) is 2.31. The van der Waals surface area contributed by atoms with Gasteiger partial charge >= 0.3 is 6.18 Å². The van der Waals surface area contributed by atoms with E-state index in [1.807, 2.05) is 0 Å². The largest absolute Gasteiger partial charge is 0.416 e. The number of alkyl halides is 3. The van der Waals surface area contributed by atoms with Crippen LogP contribution in [0.25, 0.3) is 11.5 Å². The van der Waals surface area contributed by atoms with Crippen LogP contribution in [0.3, 0.4) is 0 Å². The van der Waals surface area contributed by atoms with Gasteiger partial charge in [0.05, 0.1) is 11.1 Å². The molecule has 4 nitrogen and oxygen atoms in total. The Morgan fingerprint density at radius 2 is 2.00 bits per heavy atom. The van der Waals surface area contributed by atoms with Gasteiger partial charge in [0, 0.05) is 11.6 Å². The van der Waals surface area contributed by atoms with Crippen molar-refractivity contribution in [3.63, 3.8) is 0 Å². The molecule has 0 saturated heterocycles. The molecule has 0 radical (unpaired) electrons. The number of nitrogens with zero attached hydrogens (tertiary/aromatic N) is 2. The zero-order chi connectivity index (χ0) is 15.4. The van der Waals surface area contributed by atoms with E-state index >= 15 is 0 Å². The third kappa shape index (κ3) is 2.48. The number of rotatable bonds is 2. The maximum atomic E-state index is 12.8. The lowest BCUT2D eigenvalue weighted by atomic mass is 10.1. The molecule has 1 aromatic carbocycles. The van der Waals surface area contributed by atoms with Gasteiger partial charge in [0.25, 0.3) is 5.89 Å². The topological polar surface area (TPSA) is 64.9 Å². The first-order valence-corrected chi connectivity index (χ1v) is 6.49. The molecule has 21 heavy (non-hydrogen) atoms. The normalized spacial score (nSPS) is 20.5. The summed E-state index contributed by atoms with van der Waals surface area (Å²) in [5, 5.41) is 3.86. The summed E-state index contributed by atoms with van der Waals surface area (Å²) < 4.78 is 43.3. The molecule has 0 amide bonds. The number of aromatic nitrogens is 2. The maximum absolute atomic E-state index is 12.8. The fourth-order valence-electron chi connectivity index (χ4n) is 2.31. The second kappa shape index (κ2) is 4.22. The SMILES string of the molecule is CC1(C)CC1c1noc(-c2cc(C(F)(F)F)ccc2N)n1. The molecule has 7 heteroatoms. The van der Waals surface area contributed by atoms with Crippen molar-refractivity contribution in [3.05, 3.63) is 29.6 Å². The number of anilines is 1. The zero-order valence-corrected chi connectivity index (χ0v) is 11.5. The minimum absolute atomic E-state index is 0.0244. The lowest BCUT2D eigenvalue weighted by Gasteiger charge is -2.08. The van der Waals surface area contributed by atoms with Crippen LogP contribution in [0, 0.1) is 5.41 Å².